The van der Waals surface area contributed by atoms with E-state index in [1.165, 1.54) is 51.6 Å². The fraction of sp³-hybridized carbons (Fsp3) is 0.958. The van der Waals surface area contributed by atoms with E-state index >= 15 is 0 Å². The van der Waals surface area contributed by atoms with E-state index in [4.69, 9.17) is 9.47 Å². The molecule has 1 amide bonds. The standard InChI is InChI=1S/C24H48N2O3/c1-7-8-11-18-25(5)19-12-9-10-13-20-28-22-16-14-21(15-17-22)26(6)23(27)29-24(2,3)4/h21-22H,7-20H2,1-6H3. The van der Waals surface area contributed by atoms with Crippen LogP contribution >= 0.6 is 0 Å². The Bertz CT molecular complexity index is 428. The summed E-state index contributed by atoms with van der Waals surface area (Å²) in [6, 6.07) is 0.277. The van der Waals surface area contributed by atoms with Gasteiger partial charge in [-0.05, 0) is 85.9 Å². The van der Waals surface area contributed by atoms with Crippen molar-refractivity contribution in [1.29, 1.82) is 0 Å². The van der Waals surface area contributed by atoms with E-state index < -0.39 is 5.60 Å². The van der Waals surface area contributed by atoms with Crippen LogP contribution in [0.2, 0.25) is 0 Å². The molecule has 0 saturated heterocycles. The van der Waals surface area contributed by atoms with Gasteiger partial charge in [-0.1, -0.05) is 32.6 Å². The number of carbonyl (C=O) groups excluding carboxylic acids is 1. The van der Waals surface area contributed by atoms with E-state index in [2.05, 4.69) is 18.9 Å². The molecule has 1 aliphatic rings. The average Bonchev–Trinajstić information content (AvgIpc) is 2.66. The molecule has 0 N–H and O–H groups in total. The van der Waals surface area contributed by atoms with Crippen LogP contribution in [0.3, 0.4) is 0 Å². The Morgan fingerprint density at radius 1 is 0.897 bits per heavy atom. The van der Waals surface area contributed by atoms with Crippen LogP contribution in [0.1, 0.15) is 98.3 Å². The zero-order chi connectivity index (χ0) is 21.7. The third kappa shape index (κ3) is 12.5. The van der Waals surface area contributed by atoms with E-state index in [9.17, 15) is 4.79 Å². The number of amides is 1. The van der Waals surface area contributed by atoms with Gasteiger partial charge in [0, 0.05) is 19.7 Å². The second-order valence-corrected chi connectivity index (χ2v) is 9.82. The minimum absolute atomic E-state index is 0.210. The highest BCUT2D eigenvalue weighted by molar-refractivity contribution is 5.68. The zero-order valence-corrected chi connectivity index (χ0v) is 20.2. The molecule has 5 heteroatoms. The number of carbonyl (C=O) groups is 1. The van der Waals surface area contributed by atoms with Crippen molar-refractivity contribution in [1.82, 2.24) is 9.80 Å². The maximum Gasteiger partial charge on any atom is 0.410 e. The van der Waals surface area contributed by atoms with Gasteiger partial charge in [0.15, 0.2) is 0 Å². The van der Waals surface area contributed by atoms with Crippen LogP contribution in [0.5, 0.6) is 0 Å². The van der Waals surface area contributed by atoms with E-state index in [0.29, 0.717) is 6.10 Å². The predicted molar refractivity (Wildman–Crippen MR) is 121 cm³/mol. The molecular formula is C24H48N2O3. The molecule has 172 valence electrons. The lowest BCUT2D eigenvalue weighted by Gasteiger charge is -2.35. The van der Waals surface area contributed by atoms with Crippen LogP contribution in [0.15, 0.2) is 0 Å². The SMILES string of the molecule is CCCCCN(C)CCCCCCOC1CCC(N(C)C(=O)OC(C)(C)C)CC1. The van der Waals surface area contributed by atoms with Gasteiger partial charge < -0.3 is 19.3 Å². The highest BCUT2D eigenvalue weighted by Crippen LogP contribution is 2.26. The van der Waals surface area contributed by atoms with E-state index in [1.54, 1.807) is 4.90 Å². The first-order chi connectivity index (χ1) is 13.7. The smallest absolute Gasteiger partial charge is 0.410 e. The molecule has 29 heavy (non-hydrogen) atoms. The number of hydrogen-bond acceptors (Lipinski definition) is 4. The molecule has 1 fully saturated rings. The Labute approximate surface area is 180 Å². The van der Waals surface area contributed by atoms with Crippen molar-refractivity contribution >= 4 is 6.09 Å². The third-order valence-corrected chi connectivity index (χ3v) is 5.80. The molecule has 5 nitrogen and oxygen atoms in total. The summed E-state index contributed by atoms with van der Waals surface area (Å²) < 4.78 is 11.6. The monoisotopic (exact) mass is 412 g/mol. The average molecular weight is 413 g/mol. The first kappa shape index (κ1) is 26.2. The van der Waals surface area contributed by atoms with E-state index in [-0.39, 0.29) is 12.1 Å². The van der Waals surface area contributed by atoms with Crippen molar-refractivity contribution in [2.45, 2.75) is 116 Å². The van der Waals surface area contributed by atoms with Crippen LogP contribution < -0.4 is 0 Å². The highest BCUT2D eigenvalue weighted by Gasteiger charge is 2.29. The Morgan fingerprint density at radius 2 is 1.48 bits per heavy atom. The summed E-state index contributed by atoms with van der Waals surface area (Å²) in [6.45, 7) is 11.3. The Kier molecular flexibility index (Phi) is 12.9. The largest absolute Gasteiger partial charge is 0.444 e. The van der Waals surface area contributed by atoms with Crippen molar-refractivity contribution in [2.24, 2.45) is 0 Å². The van der Waals surface area contributed by atoms with Gasteiger partial charge in [0.05, 0.1) is 6.10 Å². The second-order valence-electron chi connectivity index (χ2n) is 9.82. The van der Waals surface area contributed by atoms with Crippen molar-refractivity contribution < 1.29 is 14.3 Å². The summed E-state index contributed by atoms with van der Waals surface area (Å²) in [7, 11) is 4.11. The lowest BCUT2D eigenvalue weighted by molar-refractivity contribution is -0.00583. The summed E-state index contributed by atoms with van der Waals surface area (Å²) in [5.74, 6) is 0. The minimum Gasteiger partial charge on any atom is -0.444 e. The Hall–Kier alpha value is -0.810. The fourth-order valence-corrected chi connectivity index (χ4v) is 3.91. The first-order valence-corrected chi connectivity index (χ1v) is 12.0. The molecule has 0 atom stereocenters. The molecule has 0 aliphatic heterocycles. The van der Waals surface area contributed by atoms with Crippen molar-refractivity contribution in [3.8, 4) is 0 Å². The molecule has 1 saturated carbocycles. The van der Waals surface area contributed by atoms with Crippen LogP contribution in [0.25, 0.3) is 0 Å². The normalized spacial score (nSPS) is 20.1. The minimum atomic E-state index is -0.434. The lowest BCUT2D eigenvalue weighted by atomic mass is 9.92. The quantitative estimate of drug-likeness (QED) is 0.355. The van der Waals surface area contributed by atoms with Gasteiger partial charge >= 0.3 is 6.09 Å². The van der Waals surface area contributed by atoms with E-state index in [0.717, 1.165) is 38.7 Å². The molecule has 0 unspecified atom stereocenters. The van der Waals surface area contributed by atoms with Crippen LogP contribution in [0, 0.1) is 0 Å². The van der Waals surface area contributed by atoms with Gasteiger partial charge in [-0.25, -0.2) is 4.79 Å². The van der Waals surface area contributed by atoms with Gasteiger partial charge in [-0.3, -0.25) is 0 Å². The van der Waals surface area contributed by atoms with Crippen molar-refractivity contribution in [3.63, 3.8) is 0 Å². The van der Waals surface area contributed by atoms with Crippen molar-refractivity contribution in [3.05, 3.63) is 0 Å². The molecule has 1 aliphatic carbocycles. The molecule has 0 aromatic rings. The lowest BCUT2D eigenvalue weighted by Crippen LogP contribution is -2.43. The summed E-state index contributed by atoms with van der Waals surface area (Å²) in [4.78, 5) is 16.5. The van der Waals surface area contributed by atoms with Crippen LogP contribution in [-0.2, 0) is 9.47 Å². The summed E-state index contributed by atoms with van der Waals surface area (Å²) in [5, 5.41) is 0. The molecule has 0 aromatic carbocycles. The van der Waals surface area contributed by atoms with Gasteiger partial charge in [0.1, 0.15) is 5.60 Å². The number of ether oxygens (including phenoxy) is 2. The molecule has 0 heterocycles. The number of nitrogens with zero attached hydrogens (tertiary/aromatic N) is 2. The zero-order valence-electron chi connectivity index (χ0n) is 20.2. The Morgan fingerprint density at radius 3 is 2.07 bits per heavy atom. The molecular weight excluding hydrogens is 364 g/mol. The van der Waals surface area contributed by atoms with E-state index in [1.807, 2.05) is 27.8 Å². The van der Waals surface area contributed by atoms with Crippen molar-refractivity contribution in [2.75, 3.05) is 33.8 Å². The first-order valence-electron chi connectivity index (χ1n) is 12.0. The van der Waals surface area contributed by atoms with Gasteiger partial charge in [0.2, 0.25) is 0 Å². The molecule has 0 aromatic heterocycles. The number of hydrogen-bond donors (Lipinski definition) is 0. The molecule has 0 spiro atoms. The predicted octanol–water partition coefficient (Wildman–Crippen LogP) is 5.86. The topological polar surface area (TPSA) is 42.0 Å². The second kappa shape index (κ2) is 14.2. The molecule has 0 bridgehead atoms. The maximum absolute atomic E-state index is 12.2. The molecule has 1 rings (SSSR count). The number of rotatable bonds is 13. The number of unbranched alkanes of at least 4 members (excludes halogenated alkanes) is 5. The summed E-state index contributed by atoms with van der Waals surface area (Å²) in [6.07, 6.45) is 13.3. The summed E-state index contributed by atoms with van der Waals surface area (Å²) >= 11 is 0. The third-order valence-electron chi connectivity index (χ3n) is 5.80. The van der Waals surface area contributed by atoms with Gasteiger partial charge in [-0.15, -0.1) is 0 Å². The van der Waals surface area contributed by atoms with Crippen LogP contribution in [-0.4, -0.2) is 67.4 Å². The molecule has 0 radical (unpaired) electrons. The maximum atomic E-state index is 12.2. The summed E-state index contributed by atoms with van der Waals surface area (Å²) in [5.41, 5.74) is -0.434. The Balaban J connectivity index is 2.04. The van der Waals surface area contributed by atoms with Gasteiger partial charge in [-0.2, -0.15) is 0 Å². The highest BCUT2D eigenvalue weighted by atomic mass is 16.6. The fourth-order valence-electron chi connectivity index (χ4n) is 3.91. The van der Waals surface area contributed by atoms with Gasteiger partial charge in [0.25, 0.3) is 0 Å². The van der Waals surface area contributed by atoms with Crippen LogP contribution in [0.4, 0.5) is 4.79 Å².